The van der Waals surface area contributed by atoms with Gasteiger partial charge in [0.15, 0.2) is 0 Å². The Labute approximate surface area is 76.0 Å². The minimum absolute atomic E-state index is 0.561. The second kappa shape index (κ2) is 3.31. The molecule has 13 heavy (non-hydrogen) atoms. The van der Waals surface area contributed by atoms with Gasteiger partial charge in [-0.1, -0.05) is 6.07 Å². The Morgan fingerprint density at radius 2 is 2.46 bits per heavy atom. The summed E-state index contributed by atoms with van der Waals surface area (Å²) >= 11 is 0. The molecule has 1 heterocycles. The van der Waals surface area contributed by atoms with E-state index in [2.05, 4.69) is 11.1 Å². The summed E-state index contributed by atoms with van der Waals surface area (Å²) in [6.45, 7) is 0. The summed E-state index contributed by atoms with van der Waals surface area (Å²) in [5.41, 5.74) is 0.839. The first-order valence-corrected chi connectivity index (χ1v) is 3.86. The molecule has 0 saturated carbocycles. The van der Waals surface area contributed by atoms with Crippen LogP contribution in [0.5, 0.6) is 5.75 Å². The van der Waals surface area contributed by atoms with E-state index in [1.165, 1.54) is 6.26 Å². The number of aromatic nitrogens is 1. The van der Waals surface area contributed by atoms with Gasteiger partial charge in [-0.3, -0.25) is 0 Å². The number of benzene rings is 1. The van der Waals surface area contributed by atoms with Crippen molar-refractivity contribution in [1.82, 2.24) is 4.98 Å². The standard InChI is InChI=1S/C10H8NO2/c1-12-9-5-3-2-4-8(9)10-11-6-7-13-10/h2,4-7H,1H3. The van der Waals surface area contributed by atoms with Crippen LogP contribution in [0.15, 0.2) is 35.1 Å². The molecule has 0 aliphatic rings. The van der Waals surface area contributed by atoms with Crippen LogP contribution < -0.4 is 4.74 Å². The first-order chi connectivity index (χ1) is 6.42. The number of methoxy groups -OCH3 is 1. The van der Waals surface area contributed by atoms with Crippen LogP contribution in [-0.2, 0) is 0 Å². The van der Waals surface area contributed by atoms with Crippen LogP contribution in [0.4, 0.5) is 0 Å². The number of hydrogen-bond acceptors (Lipinski definition) is 3. The fourth-order valence-corrected chi connectivity index (χ4v) is 1.12. The molecule has 0 N–H and O–H groups in total. The van der Waals surface area contributed by atoms with Crippen LogP contribution in [0.1, 0.15) is 0 Å². The van der Waals surface area contributed by atoms with Gasteiger partial charge in [0.05, 0.1) is 18.9 Å². The van der Waals surface area contributed by atoms with Crippen molar-refractivity contribution in [2.24, 2.45) is 0 Å². The first kappa shape index (κ1) is 7.86. The summed E-state index contributed by atoms with van der Waals surface area (Å²) in [7, 11) is 1.61. The molecule has 3 heteroatoms. The van der Waals surface area contributed by atoms with Gasteiger partial charge in [0.1, 0.15) is 12.0 Å². The summed E-state index contributed by atoms with van der Waals surface area (Å²) in [5, 5.41) is 0. The highest BCUT2D eigenvalue weighted by molar-refractivity contribution is 5.62. The summed E-state index contributed by atoms with van der Waals surface area (Å²) in [4.78, 5) is 4.03. The Balaban J connectivity index is 2.51. The Bertz CT molecular complexity index is 382. The lowest BCUT2D eigenvalue weighted by atomic mass is 10.2. The fraction of sp³-hybridized carbons (Fsp3) is 0.100. The third kappa shape index (κ3) is 1.40. The van der Waals surface area contributed by atoms with Crippen molar-refractivity contribution in [2.75, 3.05) is 7.11 Å². The minimum Gasteiger partial charge on any atom is -0.496 e. The molecule has 2 aromatic rings. The van der Waals surface area contributed by atoms with Gasteiger partial charge in [-0.05, 0) is 18.2 Å². The molecule has 1 aromatic heterocycles. The third-order valence-electron chi connectivity index (χ3n) is 1.71. The van der Waals surface area contributed by atoms with Crippen LogP contribution >= 0.6 is 0 Å². The second-order valence-corrected chi connectivity index (χ2v) is 2.46. The zero-order valence-electron chi connectivity index (χ0n) is 7.15. The smallest absolute Gasteiger partial charge is 0.229 e. The monoisotopic (exact) mass is 174 g/mol. The zero-order valence-corrected chi connectivity index (χ0v) is 7.15. The third-order valence-corrected chi connectivity index (χ3v) is 1.71. The molecule has 0 aliphatic carbocycles. The summed E-state index contributed by atoms with van der Waals surface area (Å²) in [6, 6.07) is 8.31. The quantitative estimate of drug-likeness (QED) is 0.699. The van der Waals surface area contributed by atoms with E-state index in [9.17, 15) is 0 Å². The number of nitrogens with zero attached hydrogens (tertiary/aromatic N) is 1. The van der Waals surface area contributed by atoms with E-state index in [0.29, 0.717) is 11.6 Å². The predicted octanol–water partition coefficient (Wildman–Crippen LogP) is 2.15. The molecule has 0 bridgehead atoms. The molecule has 0 unspecified atom stereocenters. The molecule has 0 aliphatic heterocycles. The van der Waals surface area contributed by atoms with Gasteiger partial charge in [0.25, 0.3) is 0 Å². The number of oxazole rings is 1. The zero-order chi connectivity index (χ0) is 9.10. The first-order valence-electron chi connectivity index (χ1n) is 3.86. The Morgan fingerprint density at radius 3 is 3.15 bits per heavy atom. The lowest BCUT2D eigenvalue weighted by molar-refractivity contribution is 0.414. The van der Waals surface area contributed by atoms with E-state index >= 15 is 0 Å². The maximum atomic E-state index is 5.16. The lowest BCUT2D eigenvalue weighted by Gasteiger charge is -2.03. The molecule has 0 spiro atoms. The summed E-state index contributed by atoms with van der Waals surface area (Å²) in [6.07, 6.45) is 3.14. The normalized spacial score (nSPS) is 9.92. The topological polar surface area (TPSA) is 35.3 Å². The van der Waals surface area contributed by atoms with E-state index in [-0.39, 0.29) is 0 Å². The van der Waals surface area contributed by atoms with Gasteiger partial charge >= 0.3 is 0 Å². The number of ether oxygens (including phenoxy) is 1. The number of hydrogen-bond donors (Lipinski definition) is 0. The van der Waals surface area contributed by atoms with Gasteiger partial charge in [-0.15, -0.1) is 0 Å². The lowest BCUT2D eigenvalue weighted by Crippen LogP contribution is -1.86. The van der Waals surface area contributed by atoms with E-state index < -0.39 is 0 Å². The molecule has 0 atom stereocenters. The molecular formula is C10H8NO2. The van der Waals surface area contributed by atoms with Crippen LogP contribution in [-0.4, -0.2) is 12.1 Å². The van der Waals surface area contributed by atoms with Gasteiger partial charge in [-0.2, -0.15) is 0 Å². The average Bonchev–Trinajstić information content (AvgIpc) is 2.70. The largest absolute Gasteiger partial charge is 0.496 e. The predicted molar refractivity (Wildman–Crippen MR) is 47.3 cm³/mol. The van der Waals surface area contributed by atoms with E-state index in [0.717, 1.165) is 5.56 Å². The van der Waals surface area contributed by atoms with Gasteiger partial charge < -0.3 is 9.15 Å². The molecule has 1 aromatic carbocycles. The minimum atomic E-state index is 0.561. The SMILES string of the molecule is COc1c[c]ccc1-c1ncco1. The van der Waals surface area contributed by atoms with Crippen LogP contribution in [0.3, 0.4) is 0 Å². The van der Waals surface area contributed by atoms with E-state index in [1.54, 1.807) is 25.4 Å². The van der Waals surface area contributed by atoms with Crippen molar-refractivity contribution in [1.29, 1.82) is 0 Å². The van der Waals surface area contributed by atoms with Gasteiger partial charge in [0.2, 0.25) is 5.89 Å². The molecule has 0 saturated heterocycles. The van der Waals surface area contributed by atoms with Crippen molar-refractivity contribution >= 4 is 0 Å². The molecule has 1 radical (unpaired) electrons. The van der Waals surface area contributed by atoms with Gasteiger partial charge in [0, 0.05) is 0 Å². The van der Waals surface area contributed by atoms with Gasteiger partial charge in [-0.25, -0.2) is 4.98 Å². The highest BCUT2D eigenvalue weighted by atomic mass is 16.5. The summed E-state index contributed by atoms with van der Waals surface area (Å²) < 4.78 is 10.3. The van der Waals surface area contributed by atoms with Crippen LogP contribution in [0, 0.1) is 6.07 Å². The van der Waals surface area contributed by atoms with Crippen LogP contribution in [0.25, 0.3) is 11.5 Å². The highest BCUT2D eigenvalue weighted by Gasteiger charge is 2.07. The van der Waals surface area contributed by atoms with E-state index in [4.69, 9.17) is 9.15 Å². The van der Waals surface area contributed by atoms with Crippen molar-refractivity contribution < 1.29 is 9.15 Å². The Kier molecular flexibility index (Phi) is 2.00. The molecule has 0 amide bonds. The average molecular weight is 174 g/mol. The fourth-order valence-electron chi connectivity index (χ4n) is 1.12. The Hall–Kier alpha value is -1.77. The van der Waals surface area contributed by atoms with Crippen molar-refractivity contribution in [3.63, 3.8) is 0 Å². The summed E-state index contributed by atoms with van der Waals surface area (Å²) in [5.74, 6) is 1.27. The molecule has 65 valence electrons. The number of rotatable bonds is 2. The van der Waals surface area contributed by atoms with Crippen molar-refractivity contribution in [3.8, 4) is 17.2 Å². The molecule has 3 nitrogen and oxygen atoms in total. The highest BCUT2D eigenvalue weighted by Crippen LogP contribution is 2.27. The van der Waals surface area contributed by atoms with Crippen molar-refractivity contribution in [3.05, 3.63) is 36.7 Å². The molecular weight excluding hydrogens is 166 g/mol. The van der Waals surface area contributed by atoms with Crippen LogP contribution in [0.2, 0.25) is 0 Å². The van der Waals surface area contributed by atoms with E-state index in [1.807, 2.05) is 6.07 Å². The maximum absolute atomic E-state index is 5.16. The molecule has 2 rings (SSSR count). The molecule has 0 fully saturated rings. The maximum Gasteiger partial charge on any atom is 0.229 e. The Morgan fingerprint density at radius 1 is 1.54 bits per heavy atom. The van der Waals surface area contributed by atoms with Crippen molar-refractivity contribution in [2.45, 2.75) is 0 Å². The second-order valence-electron chi connectivity index (χ2n) is 2.46.